The van der Waals surface area contributed by atoms with Gasteiger partial charge in [0.2, 0.25) is 0 Å². The Morgan fingerprint density at radius 2 is 1.92 bits per heavy atom. The number of urea groups is 1. The molecule has 25 heavy (non-hydrogen) atoms. The lowest BCUT2D eigenvalue weighted by Crippen LogP contribution is -2.44. The molecule has 7 nitrogen and oxygen atoms in total. The van der Waals surface area contributed by atoms with E-state index in [1.54, 1.807) is 40.0 Å². The Kier molecular flexibility index (Phi) is 7.41. The van der Waals surface area contributed by atoms with Gasteiger partial charge in [0.25, 0.3) is 0 Å². The molecule has 0 aliphatic heterocycles. The van der Waals surface area contributed by atoms with Crippen molar-refractivity contribution in [1.82, 2.24) is 5.32 Å². The minimum Gasteiger partial charge on any atom is -0.462 e. The van der Waals surface area contributed by atoms with Gasteiger partial charge in [-0.05, 0) is 52.0 Å². The topological polar surface area (TPSA) is 93.7 Å². The summed E-state index contributed by atoms with van der Waals surface area (Å²) in [5.41, 5.74) is 0.450. The van der Waals surface area contributed by atoms with Crippen LogP contribution in [0.4, 0.5) is 9.80 Å². The highest BCUT2D eigenvalue weighted by molar-refractivity contribution is 7.15. The number of amides is 2. The van der Waals surface area contributed by atoms with Crippen LogP contribution in [0.15, 0.2) is 5.38 Å². The maximum absolute atomic E-state index is 12.1. The van der Waals surface area contributed by atoms with Crippen molar-refractivity contribution in [3.8, 4) is 0 Å². The zero-order valence-electron chi connectivity index (χ0n) is 15.5. The standard InChI is InChI=1S/C17H26N2O5S/c1-7-17(5,6)24-14(20)11(4)18-16(22)19-13-12(10(3)9-25-13)15(21)23-8-2/h9,11H,7-8H2,1-6H3,(H2,18,19,22). The van der Waals surface area contributed by atoms with Crippen LogP contribution in [0.25, 0.3) is 0 Å². The minimum absolute atomic E-state index is 0.246. The van der Waals surface area contributed by atoms with Crippen molar-refractivity contribution in [3.63, 3.8) is 0 Å². The summed E-state index contributed by atoms with van der Waals surface area (Å²) < 4.78 is 10.3. The molecule has 1 atom stereocenters. The van der Waals surface area contributed by atoms with E-state index in [1.807, 2.05) is 6.92 Å². The molecule has 0 spiro atoms. The third-order valence-corrected chi connectivity index (χ3v) is 4.62. The number of esters is 2. The number of hydrogen-bond donors (Lipinski definition) is 2. The molecule has 1 aromatic heterocycles. The molecular formula is C17H26N2O5S. The van der Waals surface area contributed by atoms with Gasteiger partial charge in [-0.1, -0.05) is 6.92 Å². The van der Waals surface area contributed by atoms with Gasteiger partial charge in [-0.15, -0.1) is 11.3 Å². The Bertz CT molecular complexity index is 639. The fourth-order valence-electron chi connectivity index (χ4n) is 1.82. The van der Waals surface area contributed by atoms with E-state index >= 15 is 0 Å². The molecule has 2 amide bonds. The van der Waals surface area contributed by atoms with Crippen molar-refractivity contribution in [2.75, 3.05) is 11.9 Å². The molecule has 0 aromatic carbocycles. The number of aryl methyl sites for hydroxylation is 1. The second-order valence-electron chi connectivity index (χ2n) is 6.20. The summed E-state index contributed by atoms with van der Waals surface area (Å²) in [6.45, 7) is 10.8. The highest BCUT2D eigenvalue weighted by atomic mass is 32.1. The third kappa shape index (κ3) is 6.04. The number of anilines is 1. The summed E-state index contributed by atoms with van der Waals surface area (Å²) in [5, 5.41) is 7.24. The zero-order valence-corrected chi connectivity index (χ0v) is 16.3. The smallest absolute Gasteiger partial charge is 0.341 e. The van der Waals surface area contributed by atoms with Gasteiger partial charge in [0.15, 0.2) is 0 Å². The summed E-state index contributed by atoms with van der Waals surface area (Å²) in [4.78, 5) is 36.2. The molecule has 0 saturated heterocycles. The van der Waals surface area contributed by atoms with Crippen LogP contribution in [-0.2, 0) is 14.3 Å². The predicted octanol–water partition coefficient (Wildman–Crippen LogP) is 3.48. The van der Waals surface area contributed by atoms with Gasteiger partial charge in [0.1, 0.15) is 16.6 Å². The van der Waals surface area contributed by atoms with Crippen LogP contribution in [0, 0.1) is 6.92 Å². The van der Waals surface area contributed by atoms with E-state index in [-0.39, 0.29) is 6.61 Å². The largest absolute Gasteiger partial charge is 0.462 e. The fraction of sp³-hybridized carbons (Fsp3) is 0.588. The number of rotatable bonds is 7. The summed E-state index contributed by atoms with van der Waals surface area (Å²) in [6.07, 6.45) is 0.662. The Morgan fingerprint density at radius 1 is 1.28 bits per heavy atom. The zero-order chi connectivity index (χ0) is 19.2. The molecule has 1 heterocycles. The molecule has 0 saturated carbocycles. The average molecular weight is 370 g/mol. The molecule has 0 aliphatic rings. The second kappa shape index (κ2) is 8.84. The van der Waals surface area contributed by atoms with Crippen molar-refractivity contribution in [3.05, 3.63) is 16.5 Å². The quantitative estimate of drug-likeness (QED) is 0.717. The number of carbonyl (C=O) groups is 3. The number of ether oxygens (including phenoxy) is 2. The molecule has 1 rings (SSSR count). The molecule has 2 N–H and O–H groups in total. The van der Waals surface area contributed by atoms with Gasteiger partial charge in [0.05, 0.1) is 12.2 Å². The number of hydrogen-bond acceptors (Lipinski definition) is 6. The van der Waals surface area contributed by atoms with E-state index in [0.717, 1.165) is 5.56 Å². The highest BCUT2D eigenvalue weighted by Gasteiger charge is 2.26. The highest BCUT2D eigenvalue weighted by Crippen LogP contribution is 2.28. The van der Waals surface area contributed by atoms with Gasteiger partial charge in [-0.3, -0.25) is 5.32 Å². The first-order valence-electron chi connectivity index (χ1n) is 8.16. The fourth-order valence-corrected chi connectivity index (χ4v) is 2.75. The van der Waals surface area contributed by atoms with E-state index in [0.29, 0.717) is 17.0 Å². The first-order valence-corrected chi connectivity index (χ1v) is 9.04. The molecular weight excluding hydrogens is 344 g/mol. The predicted molar refractivity (Wildman–Crippen MR) is 97.1 cm³/mol. The molecule has 0 bridgehead atoms. The summed E-state index contributed by atoms with van der Waals surface area (Å²) in [7, 11) is 0. The monoisotopic (exact) mass is 370 g/mol. The van der Waals surface area contributed by atoms with E-state index in [4.69, 9.17) is 9.47 Å². The summed E-state index contributed by atoms with van der Waals surface area (Å²) in [5.74, 6) is -1.01. The number of thiophene rings is 1. The SMILES string of the molecule is CCOC(=O)c1c(C)csc1NC(=O)NC(C)C(=O)OC(C)(C)CC. The third-order valence-electron chi connectivity index (χ3n) is 3.61. The summed E-state index contributed by atoms with van der Waals surface area (Å²) in [6, 6.07) is -1.41. The van der Waals surface area contributed by atoms with Gasteiger partial charge in [-0.2, -0.15) is 0 Å². The van der Waals surface area contributed by atoms with Crippen LogP contribution in [0.3, 0.4) is 0 Å². The van der Waals surface area contributed by atoms with E-state index in [9.17, 15) is 14.4 Å². The van der Waals surface area contributed by atoms with Gasteiger partial charge in [-0.25, -0.2) is 14.4 Å². The van der Waals surface area contributed by atoms with Crippen molar-refractivity contribution in [2.45, 2.75) is 59.6 Å². The molecule has 8 heteroatoms. The summed E-state index contributed by atoms with van der Waals surface area (Å²) >= 11 is 1.22. The van der Waals surface area contributed by atoms with Crippen molar-refractivity contribution in [2.24, 2.45) is 0 Å². The van der Waals surface area contributed by atoms with Crippen LogP contribution in [0.1, 0.15) is 57.0 Å². The molecule has 0 radical (unpaired) electrons. The molecule has 140 valence electrons. The Balaban J connectivity index is 2.72. The first kappa shape index (κ1) is 21.0. The molecule has 1 unspecified atom stereocenters. The minimum atomic E-state index is -0.821. The first-order chi connectivity index (χ1) is 11.6. The van der Waals surface area contributed by atoms with Crippen LogP contribution in [0.2, 0.25) is 0 Å². The van der Waals surface area contributed by atoms with Gasteiger partial charge < -0.3 is 14.8 Å². The van der Waals surface area contributed by atoms with Crippen LogP contribution in [-0.4, -0.2) is 36.2 Å². The second-order valence-corrected chi connectivity index (χ2v) is 7.08. The van der Waals surface area contributed by atoms with E-state index in [2.05, 4.69) is 10.6 Å². The van der Waals surface area contributed by atoms with Crippen molar-refractivity contribution in [1.29, 1.82) is 0 Å². The van der Waals surface area contributed by atoms with Gasteiger partial charge in [0, 0.05) is 0 Å². The van der Waals surface area contributed by atoms with Crippen LogP contribution < -0.4 is 10.6 Å². The normalized spacial score (nSPS) is 12.2. The van der Waals surface area contributed by atoms with Crippen molar-refractivity contribution < 1.29 is 23.9 Å². The lowest BCUT2D eigenvalue weighted by atomic mass is 10.1. The van der Waals surface area contributed by atoms with Crippen LogP contribution in [0.5, 0.6) is 0 Å². The Labute approximate surface area is 152 Å². The lowest BCUT2D eigenvalue weighted by Gasteiger charge is -2.25. The maximum Gasteiger partial charge on any atom is 0.341 e. The number of carbonyl (C=O) groups excluding carboxylic acids is 3. The van der Waals surface area contributed by atoms with Crippen LogP contribution >= 0.6 is 11.3 Å². The maximum atomic E-state index is 12.1. The Hall–Kier alpha value is -2.09. The molecule has 0 aliphatic carbocycles. The molecule has 0 fully saturated rings. The van der Waals surface area contributed by atoms with E-state index < -0.39 is 29.6 Å². The van der Waals surface area contributed by atoms with E-state index in [1.165, 1.54) is 11.3 Å². The Morgan fingerprint density at radius 3 is 2.48 bits per heavy atom. The lowest BCUT2D eigenvalue weighted by molar-refractivity contribution is -0.158. The molecule has 1 aromatic rings. The van der Waals surface area contributed by atoms with Crippen molar-refractivity contribution >= 4 is 34.3 Å². The number of nitrogens with one attached hydrogen (secondary N) is 2. The van der Waals surface area contributed by atoms with Gasteiger partial charge >= 0.3 is 18.0 Å². The average Bonchev–Trinajstić information content (AvgIpc) is 2.87.